The van der Waals surface area contributed by atoms with Crippen LogP contribution in [0, 0.1) is 6.92 Å². The lowest BCUT2D eigenvalue weighted by molar-refractivity contribution is 0.0663. The van der Waals surface area contributed by atoms with Gasteiger partial charge in [-0.15, -0.1) is 0 Å². The van der Waals surface area contributed by atoms with Crippen LogP contribution >= 0.6 is 0 Å². The van der Waals surface area contributed by atoms with Crippen molar-refractivity contribution >= 4 is 15.7 Å². The van der Waals surface area contributed by atoms with Crippen LogP contribution in [0.5, 0.6) is 0 Å². The molecule has 1 atom stereocenters. The van der Waals surface area contributed by atoms with Crippen molar-refractivity contribution in [1.29, 1.82) is 0 Å². The number of aryl methyl sites for hydroxylation is 2. The van der Waals surface area contributed by atoms with Gasteiger partial charge in [-0.2, -0.15) is 5.10 Å². The Kier molecular flexibility index (Phi) is 4.01. The zero-order valence-corrected chi connectivity index (χ0v) is 13.9. The first-order chi connectivity index (χ1) is 10.9. The summed E-state index contributed by atoms with van der Waals surface area (Å²) in [5.41, 5.74) is 1.47. The van der Waals surface area contributed by atoms with Crippen molar-refractivity contribution < 1.29 is 17.6 Å². The van der Waals surface area contributed by atoms with Crippen LogP contribution < -0.4 is 0 Å². The lowest BCUT2D eigenvalue weighted by atomic mass is 10.1. The highest BCUT2D eigenvalue weighted by Gasteiger charge is 2.37. The summed E-state index contributed by atoms with van der Waals surface area (Å²) in [5, 5.41) is 4.19. The predicted molar refractivity (Wildman–Crippen MR) is 83.8 cm³/mol. The Labute approximate surface area is 134 Å². The standard InChI is InChI=1S/C15H19N3O4S/c1-3-17-9-12(8-16-17)13-10-23(20,21)7-5-18(13)15(19)14-11(2)4-6-22-14/h4,6,8-9,13H,3,5,7,10H2,1-2H3/t13-/m0/s1. The molecular formula is C15H19N3O4S. The Hall–Kier alpha value is -2.09. The number of furan rings is 1. The number of aromatic nitrogens is 2. The average Bonchev–Trinajstić information content (AvgIpc) is 3.14. The highest BCUT2D eigenvalue weighted by Crippen LogP contribution is 2.29. The number of carbonyl (C=O) groups excluding carboxylic acids is 1. The van der Waals surface area contributed by atoms with Gasteiger partial charge in [0.25, 0.3) is 5.91 Å². The molecule has 3 rings (SSSR count). The fourth-order valence-corrected chi connectivity index (χ4v) is 4.27. The quantitative estimate of drug-likeness (QED) is 0.845. The van der Waals surface area contributed by atoms with Gasteiger partial charge >= 0.3 is 0 Å². The molecular weight excluding hydrogens is 318 g/mol. The van der Waals surface area contributed by atoms with E-state index >= 15 is 0 Å². The molecule has 0 bridgehead atoms. The van der Waals surface area contributed by atoms with Gasteiger partial charge in [-0.05, 0) is 19.9 Å². The lowest BCUT2D eigenvalue weighted by Gasteiger charge is -2.34. The predicted octanol–water partition coefficient (Wildman–Crippen LogP) is 1.42. The maximum Gasteiger partial charge on any atom is 0.290 e. The maximum absolute atomic E-state index is 12.8. The smallest absolute Gasteiger partial charge is 0.290 e. The molecule has 1 fully saturated rings. The topological polar surface area (TPSA) is 85.4 Å². The molecule has 1 aliphatic rings. The number of amides is 1. The lowest BCUT2D eigenvalue weighted by Crippen LogP contribution is -2.46. The van der Waals surface area contributed by atoms with Crippen LogP contribution in [-0.4, -0.2) is 47.1 Å². The molecule has 0 N–H and O–H groups in total. The van der Waals surface area contributed by atoms with Crippen molar-refractivity contribution in [3.63, 3.8) is 0 Å². The van der Waals surface area contributed by atoms with E-state index in [4.69, 9.17) is 4.42 Å². The van der Waals surface area contributed by atoms with Crippen molar-refractivity contribution in [3.05, 3.63) is 41.6 Å². The molecule has 124 valence electrons. The fraction of sp³-hybridized carbons (Fsp3) is 0.467. The molecule has 1 saturated heterocycles. The summed E-state index contributed by atoms with van der Waals surface area (Å²) in [6.07, 6.45) is 4.89. The van der Waals surface area contributed by atoms with Crippen LogP contribution in [0.2, 0.25) is 0 Å². The van der Waals surface area contributed by atoms with Crippen molar-refractivity contribution in [2.24, 2.45) is 0 Å². The van der Waals surface area contributed by atoms with Crippen molar-refractivity contribution in [3.8, 4) is 0 Å². The minimum Gasteiger partial charge on any atom is -0.459 e. The summed E-state index contributed by atoms with van der Waals surface area (Å²) < 4.78 is 31.1. The summed E-state index contributed by atoms with van der Waals surface area (Å²) in [5.74, 6) is -0.140. The summed E-state index contributed by atoms with van der Waals surface area (Å²) >= 11 is 0. The summed E-state index contributed by atoms with van der Waals surface area (Å²) in [4.78, 5) is 14.3. The first-order valence-corrected chi connectivity index (χ1v) is 9.31. The second kappa shape index (κ2) is 5.84. The van der Waals surface area contributed by atoms with Crippen LogP contribution in [0.1, 0.15) is 34.6 Å². The minimum atomic E-state index is -3.18. The monoisotopic (exact) mass is 337 g/mol. The summed E-state index contributed by atoms with van der Waals surface area (Å²) in [6.45, 7) is 4.58. The van der Waals surface area contributed by atoms with Gasteiger partial charge in [0.05, 0.1) is 30.0 Å². The van der Waals surface area contributed by atoms with Crippen molar-refractivity contribution in [2.45, 2.75) is 26.4 Å². The van der Waals surface area contributed by atoms with Crippen LogP contribution in [0.15, 0.2) is 29.1 Å². The zero-order chi connectivity index (χ0) is 16.6. The molecule has 1 amide bonds. The van der Waals surface area contributed by atoms with Crippen molar-refractivity contribution in [2.75, 3.05) is 18.1 Å². The van der Waals surface area contributed by atoms with Crippen LogP contribution in [0.4, 0.5) is 0 Å². The number of rotatable bonds is 3. The van der Waals surface area contributed by atoms with E-state index in [-0.39, 0.29) is 29.7 Å². The van der Waals surface area contributed by atoms with Gasteiger partial charge in [-0.25, -0.2) is 8.42 Å². The van der Waals surface area contributed by atoms with E-state index in [0.717, 1.165) is 11.1 Å². The molecule has 23 heavy (non-hydrogen) atoms. The molecule has 0 aliphatic carbocycles. The summed E-state index contributed by atoms with van der Waals surface area (Å²) in [6, 6.07) is 1.18. The van der Waals surface area contributed by atoms with E-state index in [1.165, 1.54) is 6.26 Å². The summed E-state index contributed by atoms with van der Waals surface area (Å²) in [7, 11) is -3.18. The van der Waals surface area contributed by atoms with Gasteiger partial charge in [0.2, 0.25) is 0 Å². The maximum atomic E-state index is 12.8. The van der Waals surface area contributed by atoms with Gasteiger partial charge < -0.3 is 9.32 Å². The number of hydrogen-bond acceptors (Lipinski definition) is 5. The third-order valence-electron chi connectivity index (χ3n) is 4.11. The molecule has 0 spiro atoms. The van der Waals surface area contributed by atoms with E-state index in [2.05, 4.69) is 5.10 Å². The molecule has 2 aromatic rings. The second-order valence-electron chi connectivity index (χ2n) is 5.69. The first kappa shape index (κ1) is 15.8. The average molecular weight is 337 g/mol. The number of nitrogens with zero attached hydrogens (tertiary/aromatic N) is 3. The molecule has 3 heterocycles. The van der Waals surface area contributed by atoms with Crippen LogP contribution in [0.25, 0.3) is 0 Å². The van der Waals surface area contributed by atoms with E-state index in [0.29, 0.717) is 6.54 Å². The Morgan fingerprint density at radius 3 is 2.87 bits per heavy atom. The van der Waals surface area contributed by atoms with Gasteiger partial charge in [-0.3, -0.25) is 9.48 Å². The van der Waals surface area contributed by atoms with Gasteiger partial charge in [0.15, 0.2) is 15.6 Å². The minimum absolute atomic E-state index is 0.0308. The number of hydrogen-bond donors (Lipinski definition) is 0. The highest BCUT2D eigenvalue weighted by molar-refractivity contribution is 7.91. The Morgan fingerprint density at radius 1 is 1.48 bits per heavy atom. The number of carbonyl (C=O) groups is 1. The number of sulfone groups is 1. The van der Waals surface area contributed by atoms with Gasteiger partial charge in [-0.1, -0.05) is 0 Å². The third kappa shape index (κ3) is 3.03. The Morgan fingerprint density at radius 2 is 2.26 bits per heavy atom. The molecule has 7 nitrogen and oxygen atoms in total. The van der Waals surface area contributed by atoms with E-state index < -0.39 is 15.9 Å². The van der Waals surface area contributed by atoms with Crippen LogP contribution in [0.3, 0.4) is 0 Å². The largest absolute Gasteiger partial charge is 0.459 e. The SMILES string of the molecule is CCn1cc([C@@H]2CS(=O)(=O)CCN2C(=O)c2occc2C)cn1. The van der Waals surface area contributed by atoms with E-state index in [1.54, 1.807) is 35.0 Å². The second-order valence-corrected chi connectivity index (χ2v) is 7.92. The zero-order valence-electron chi connectivity index (χ0n) is 13.1. The molecule has 0 aromatic carbocycles. The van der Waals surface area contributed by atoms with E-state index in [1.807, 2.05) is 6.92 Å². The normalized spacial score (nSPS) is 20.6. The van der Waals surface area contributed by atoms with E-state index in [9.17, 15) is 13.2 Å². The fourth-order valence-electron chi connectivity index (χ4n) is 2.77. The first-order valence-electron chi connectivity index (χ1n) is 7.49. The highest BCUT2D eigenvalue weighted by atomic mass is 32.2. The van der Waals surface area contributed by atoms with Crippen LogP contribution in [-0.2, 0) is 16.4 Å². The Bertz CT molecular complexity index is 821. The molecule has 8 heteroatoms. The van der Waals surface area contributed by atoms with Gasteiger partial charge in [0.1, 0.15) is 0 Å². The van der Waals surface area contributed by atoms with Gasteiger partial charge in [0, 0.05) is 30.4 Å². The van der Waals surface area contributed by atoms with Crippen molar-refractivity contribution in [1.82, 2.24) is 14.7 Å². The molecule has 0 saturated carbocycles. The Balaban J connectivity index is 1.96. The third-order valence-corrected chi connectivity index (χ3v) is 5.74. The molecule has 0 unspecified atom stereocenters. The molecule has 2 aromatic heterocycles. The molecule has 1 aliphatic heterocycles. The molecule has 0 radical (unpaired) electrons.